The molecule has 0 radical (unpaired) electrons. The Bertz CT molecular complexity index is 1210. The zero-order chi connectivity index (χ0) is 19.7. The van der Waals surface area contributed by atoms with Crippen molar-refractivity contribution in [1.29, 1.82) is 0 Å². The third-order valence-electron chi connectivity index (χ3n) is 4.78. The predicted octanol–water partition coefficient (Wildman–Crippen LogP) is 5.24. The van der Waals surface area contributed by atoms with Gasteiger partial charge in [-0.2, -0.15) is 0 Å². The third kappa shape index (κ3) is 3.31. The fourth-order valence-electron chi connectivity index (χ4n) is 3.22. The molecule has 28 heavy (non-hydrogen) atoms. The van der Waals surface area contributed by atoms with E-state index >= 15 is 0 Å². The predicted molar refractivity (Wildman–Crippen MR) is 107 cm³/mol. The maximum atomic E-state index is 13.1. The summed E-state index contributed by atoms with van der Waals surface area (Å²) in [5, 5.41) is 2.14. The fraction of sp³-hybridized carbons (Fsp3) is 0.174. The van der Waals surface area contributed by atoms with Crippen LogP contribution in [-0.4, -0.2) is 7.11 Å². The maximum Gasteiger partial charge on any atom is 0.344 e. The van der Waals surface area contributed by atoms with E-state index in [2.05, 4.69) is 0 Å². The quantitative estimate of drug-likeness (QED) is 0.352. The van der Waals surface area contributed by atoms with Crippen molar-refractivity contribution in [2.75, 3.05) is 7.11 Å². The second-order valence-electron chi connectivity index (χ2n) is 6.54. The molecule has 0 bridgehead atoms. The summed E-state index contributed by atoms with van der Waals surface area (Å²) in [7, 11) is 1.56. The van der Waals surface area contributed by atoms with Crippen LogP contribution in [0.4, 0.5) is 4.39 Å². The Morgan fingerprint density at radius 3 is 2.36 bits per heavy atom. The molecular formula is C23H19FO4. The first-order chi connectivity index (χ1) is 13.6. The number of hydrogen-bond donors (Lipinski definition) is 0. The van der Waals surface area contributed by atoms with Crippen molar-refractivity contribution in [2.24, 2.45) is 0 Å². The van der Waals surface area contributed by atoms with Gasteiger partial charge in [-0.1, -0.05) is 31.2 Å². The Morgan fingerprint density at radius 2 is 1.64 bits per heavy atom. The molecule has 0 aliphatic rings. The average molecular weight is 378 g/mol. The largest absolute Gasteiger partial charge is 0.493 e. The van der Waals surface area contributed by atoms with Crippen LogP contribution in [0.3, 0.4) is 0 Å². The number of benzene rings is 3. The lowest BCUT2D eigenvalue weighted by molar-refractivity contribution is 0.284. The number of methoxy groups -OCH3 is 1. The van der Waals surface area contributed by atoms with E-state index in [1.807, 2.05) is 31.2 Å². The molecule has 4 aromatic rings. The molecule has 0 aliphatic heterocycles. The zero-order valence-electron chi connectivity index (χ0n) is 15.6. The lowest BCUT2D eigenvalue weighted by Gasteiger charge is -2.13. The van der Waals surface area contributed by atoms with Gasteiger partial charge in [0.25, 0.3) is 0 Å². The molecule has 0 amide bonds. The van der Waals surface area contributed by atoms with Gasteiger partial charge in [-0.3, -0.25) is 0 Å². The highest BCUT2D eigenvalue weighted by atomic mass is 19.1. The van der Waals surface area contributed by atoms with Crippen molar-refractivity contribution in [3.63, 3.8) is 0 Å². The topological polar surface area (TPSA) is 48.7 Å². The summed E-state index contributed by atoms with van der Waals surface area (Å²) < 4.78 is 29.9. The SMILES string of the molecule is CCc1ccc2c(c1)c(=O)oc1cc(OCc3ccc(F)cc3)c(OC)cc12. The number of aryl methyl sites for hydroxylation is 1. The summed E-state index contributed by atoms with van der Waals surface area (Å²) >= 11 is 0. The van der Waals surface area contributed by atoms with Crippen molar-refractivity contribution in [3.05, 3.63) is 82.0 Å². The molecule has 1 heterocycles. The van der Waals surface area contributed by atoms with Crippen LogP contribution in [0.5, 0.6) is 11.5 Å². The van der Waals surface area contributed by atoms with Crippen LogP contribution < -0.4 is 15.1 Å². The van der Waals surface area contributed by atoms with E-state index in [1.165, 1.54) is 12.1 Å². The van der Waals surface area contributed by atoms with E-state index in [0.29, 0.717) is 22.5 Å². The van der Waals surface area contributed by atoms with Crippen molar-refractivity contribution < 1.29 is 18.3 Å². The van der Waals surface area contributed by atoms with Crippen LogP contribution in [0.1, 0.15) is 18.1 Å². The molecule has 0 saturated carbocycles. The third-order valence-corrected chi connectivity index (χ3v) is 4.78. The van der Waals surface area contributed by atoms with Crippen LogP contribution in [0.25, 0.3) is 21.7 Å². The van der Waals surface area contributed by atoms with Gasteiger partial charge in [-0.25, -0.2) is 9.18 Å². The summed E-state index contributed by atoms with van der Waals surface area (Å²) in [6.07, 6.45) is 0.840. The van der Waals surface area contributed by atoms with E-state index in [9.17, 15) is 9.18 Å². The van der Waals surface area contributed by atoms with E-state index in [0.717, 1.165) is 28.3 Å². The van der Waals surface area contributed by atoms with Gasteiger partial charge in [0.1, 0.15) is 18.0 Å². The number of rotatable bonds is 5. The minimum Gasteiger partial charge on any atom is -0.493 e. The monoisotopic (exact) mass is 378 g/mol. The Labute approximate surface area is 161 Å². The van der Waals surface area contributed by atoms with Crippen molar-refractivity contribution in [1.82, 2.24) is 0 Å². The standard InChI is InChI=1S/C23H19FO4/c1-3-14-6-9-17-18-11-21(26-2)22(12-20(18)28-23(25)19(17)10-14)27-13-15-4-7-16(24)8-5-15/h4-12H,3,13H2,1-2H3. The van der Waals surface area contributed by atoms with Crippen LogP contribution in [-0.2, 0) is 13.0 Å². The highest BCUT2D eigenvalue weighted by Gasteiger charge is 2.14. The van der Waals surface area contributed by atoms with Gasteiger partial charge in [0.15, 0.2) is 11.5 Å². The number of fused-ring (bicyclic) bond motifs is 3. The second-order valence-corrected chi connectivity index (χ2v) is 6.54. The van der Waals surface area contributed by atoms with Gasteiger partial charge in [0, 0.05) is 16.8 Å². The maximum absolute atomic E-state index is 13.1. The summed E-state index contributed by atoms with van der Waals surface area (Å²) in [6.45, 7) is 2.28. The molecule has 5 heteroatoms. The molecule has 3 aromatic carbocycles. The molecule has 0 N–H and O–H groups in total. The molecule has 0 saturated heterocycles. The van der Waals surface area contributed by atoms with Crippen LogP contribution >= 0.6 is 0 Å². The summed E-state index contributed by atoms with van der Waals surface area (Å²) in [6, 6.07) is 15.4. The van der Waals surface area contributed by atoms with E-state index < -0.39 is 0 Å². The first kappa shape index (κ1) is 18.0. The minimum absolute atomic E-state index is 0.236. The van der Waals surface area contributed by atoms with Crippen LogP contribution in [0.15, 0.2) is 63.8 Å². The highest BCUT2D eigenvalue weighted by Crippen LogP contribution is 2.35. The minimum atomic E-state index is -0.382. The molecule has 4 rings (SSSR count). The van der Waals surface area contributed by atoms with Gasteiger partial charge in [0.2, 0.25) is 0 Å². The number of halogens is 1. The molecule has 4 nitrogen and oxygen atoms in total. The van der Waals surface area contributed by atoms with Gasteiger partial charge in [-0.15, -0.1) is 0 Å². The van der Waals surface area contributed by atoms with E-state index in [-0.39, 0.29) is 18.0 Å². The zero-order valence-corrected chi connectivity index (χ0v) is 15.6. The lowest BCUT2D eigenvalue weighted by atomic mass is 10.0. The van der Waals surface area contributed by atoms with Crippen LogP contribution in [0, 0.1) is 5.82 Å². The van der Waals surface area contributed by atoms with Gasteiger partial charge in [0.05, 0.1) is 12.5 Å². The van der Waals surface area contributed by atoms with Gasteiger partial charge in [-0.05, 0) is 41.8 Å². The number of hydrogen-bond acceptors (Lipinski definition) is 4. The molecule has 0 atom stereocenters. The van der Waals surface area contributed by atoms with Crippen molar-refractivity contribution in [2.45, 2.75) is 20.0 Å². The fourth-order valence-corrected chi connectivity index (χ4v) is 3.22. The van der Waals surface area contributed by atoms with Crippen LogP contribution in [0.2, 0.25) is 0 Å². The first-order valence-corrected chi connectivity index (χ1v) is 9.03. The summed E-state index contributed by atoms with van der Waals surface area (Å²) in [5.41, 5.74) is 1.94. The Kier molecular flexibility index (Phi) is 4.74. The van der Waals surface area contributed by atoms with Gasteiger partial charge >= 0.3 is 5.63 Å². The molecule has 0 fully saturated rings. The normalized spacial score (nSPS) is 11.1. The summed E-state index contributed by atoms with van der Waals surface area (Å²) in [5.74, 6) is 0.684. The van der Waals surface area contributed by atoms with Crippen molar-refractivity contribution in [3.8, 4) is 11.5 Å². The molecular weight excluding hydrogens is 359 g/mol. The molecule has 0 unspecified atom stereocenters. The molecule has 0 aliphatic carbocycles. The lowest BCUT2D eigenvalue weighted by Crippen LogP contribution is -2.02. The Hall–Kier alpha value is -3.34. The Morgan fingerprint density at radius 1 is 0.893 bits per heavy atom. The van der Waals surface area contributed by atoms with Crippen molar-refractivity contribution >= 4 is 21.7 Å². The molecule has 142 valence electrons. The summed E-state index contributed by atoms with van der Waals surface area (Å²) in [4.78, 5) is 12.5. The Balaban J connectivity index is 1.79. The van der Waals surface area contributed by atoms with E-state index in [4.69, 9.17) is 13.9 Å². The molecule has 0 spiro atoms. The number of ether oxygens (including phenoxy) is 2. The second kappa shape index (κ2) is 7.35. The van der Waals surface area contributed by atoms with Gasteiger partial charge < -0.3 is 13.9 Å². The highest BCUT2D eigenvalue weighted by molar-refractivity contribution is 6.05. The molecule has 1 aromatic heterocycles. The van der Waals surface area contributed by atoms with E-state index in [1.54, 1.807) is 25.3 Å². The smallest absolute Gasteiger partial charge is 0.344 e. The average Bonchev–Trinajstić information content (AvgIpc) is 2.72. The first-order valence-electron chi connectivity index (χ1n) is 9.03.